The molecule has 24 heavy (non-hydrogen) atoms. The van der Waals surface area contributed by atoms with Crippen LogP contribution in [0.5, 0.6) is 5.75 Å². The number of halogens is 3. The molecular weight excluding hydrogens is 375 g/mol. The highest BCUT2D eigenvalue weighted by molar-refractivity contribution is 6.40. The number of ether oxygens (including phenoxy) is 1. The minimum atomic E-state index is -0.590. The molecule has 6 nitrogen and oxygen atoms in total. The number of tetrazole rings is 1. The van der Waals surface area contributed by atoms with Crippen LogP contribution in [0.2, 0.25) is 15.1 Å². The van der Waals surface area contributed by atoms with E-state index in [0.717, 1.165) is 11.3 Å². The lowest BCUT2D eigenvalue weighted by Gasteiger charge is -2.10. The Kier molecular flexibility index (Phi) is 4.71. The van der Waals surface area contributed by atoms with E-state index in [0.29, 0.717) is 10.6 Å². The monoisotopic (exact) mass is 382 g/mol. The molecule has 0 aliphatic heterocycles. The molecule has 0 atom stereocenters. The highest BCUT2D eigenvalue weighted by Crippen LogP contribution is 2.36. The van der Waals surface area contributed by atoms with Gasteiger partial charge in [0, 0.05) is 5.02 Å². The van der Waals surface area contributed by atoms with Crippen LogP contribution in [-0.4, -0.2) is 26.2 Å². The number of rotatable bonds is 3. The van der Waals surface area contributed by atoms with Gasteiger partial charge in [-0.25, -0.2) is 9.48 Å². The van der Waals surface area contributed by atoms with E-state index in [9.17, 15) is 4.79 Å². The molecule has 0 N–H and O–H groups in total. The molecule has 9 heteroatoms. The van der Waals surface area contributed by atoms with E-state index in [-0.39, 0.29) is 15.8 Å². The van der Waals surface area contributed by atoms with Gasteiger partial charge in [-0.2, -0.15) is 0 Å². The summed E-state index contributed by atoms with van der Waals surface area (Å²) in [4.78, 5) is 12.3. The average Bonchev–Trinajstić information content (AvgIpc) is 3.04. The van der Waals surface area contributed by atoms with Gasteiger partial charge in [-0.05, 0) is 53.2 Å². The van der Waals surface area contributed by atoms with E-state index in [1.807, 2.05) is 6.92 Å². The molecule has 0 bridgehead atoms. The molecule has 122 valence electrons. The Morgan fingerprint density at radius 2 is 1.83 bits per heavy atom. The SMILES string of the molecule is Cc1cc(C(=O)Oc2c(Cl)cc(Cl)cc2Cl)ccc1-n1cnnn1. The van der Waals surface area contributed by atoms with Crippen molar-refractivity contribution in [3.8, 4) is 11.4 Å². The van der Waals surface area contributed by atoms with Gasteiger partial charge >= 0.3 is 5.97 Å². The minimum absolute atomic E-state index is 0.0648. The number of carbonyl (C=O) groups is 1. The predicted molar refractivity (Wildman–Crippen MR) is 90.3 cm³/mol. The van der Waals surface area contributed by atoms with E-state index >= 15 is 0 Å². The van der Waals surface area contributed by atoms with E-state index in [1.54, 1.807) is 18.2 Å². The summed E-state index contributed by atoms with van der Waals surface area (Å²) >= 11 is 17.9. The number of aromatic nitrogens is 4. The van der Waals surface area contributed by atoms with Gasteiger partial charge in [0.1, 0.15) is 6.33 Å². The third-order valence-corrected chi connectivity index (χ3v) is 3.97. The number of nitrogens with zero attached hydrogens (tertiary/aromatic N) is 4. The first-order valence-electron chi connectivity index (χ1n) is 6.66. The highest BCUT2D eigenvalue weighted by atomic mass is 35.5. The number of benzene rings is 2. The summed E-state index contributed by atoms with van der Waals surface area (Å²) in [5, 5.41) is 11.6. The summed E-state index contributed by atoms with van der Waals surface area (Å²) < 4.78 is 6.79. The number of hydrogen-bond donors (Lipinski definition) is 0. The predicted octanol–water partition coefficient (Wildman–Crippen LogP) is 4.15. The number of aryl methyl sites for hydroxylation is 1. The maximum Gasteiger partial charge on any atom is 0.343 e. The van der Waals surface area contributed by atoms with Crippen LogP contribution in [0, 0.1) is 6.92 Å². The molecule has 1 heterocycles. The summed E-state index contributed by atoms with van der Waals surface area (Å²) in [6, 6.07) is 7.88. The third kappa shape index (κ3) is 3.36. The maximum absolute atomic E-state index is 12.3. The lowest BCUT2D eigenvalue weighted by Crippen LogP contribution is -2.10. The maximum atomic E-state index is 12.3. The fourth-order valence-corrected chi connectivity index (χ4v) is 2.98. The van der Waals surface area contributed by atoms with Crippen molar-refractivity contribution in [1.29, 1.82) is 0 Å². The Bertz CT molecular complexity index is 890. The second-order valence-electron chi connectivity index (χ2n) is 4.84. The molecule has 1 aromatic heterocycles. The minimum Gasteiger partial charge on any atom is -0.420 e. The van der Waals surface area contributed by atoms with Gasteiger partial charge in [-0.3, -0.25) is 0 Å². The second kappa shape index (κ2) is 6.76. The van der Waals surface area contributed by atoms with Crippen LogP contribution in [0.1, 0.15) is 15.9 Å². The lowest BCUT2D eigenvalue weighted by molar-refractivity contribution is 0.0735. The zero-order valence-electron chi connectivity index (χ0n) is 12.2. The molecule has 0 unspecified atom stereocenters. The molecule has 0 saturated carbocycles. The Labute approximate surface area is 151 Å². The van der Waals surface area contributed by atoms with Crippen molar-refractivity contribution in [2.24, 2.45) is 0 Å². The van der Waals surface area contributed by atoms with Gasteiger partial charge < -0.3 is 4.74 Å². The summed E-state index contributed by atoms with van der Waals surface area (Å²) in [7, 11) is 0. The fraction of sp³-hybridized carbons (Fsp3) is 0.0667. The van der Waals surface area contributed by atoms with Crippen molar-refractivity contribution in [1.82, 2.24) is 20.2 Å². The molecule has 0 aliphatic carbocycles. The average molecular weight is 384 g/mol. The zero-order valence-corrected chi connectivity index (χ0v) is 14.5. The Hall–Kier alpha value is -2.15. The summed E-state index contributed by atoms with van der Waals surface area (Å²) in [6.45, 7) is 1.83. The molecule has 0 radical (unpaired) electrons. The summed E-state index contributed by atoms with van der Waals surface area (Å²) in [5.41, 5.74) is 1.88. The van der Waals surface area contributed by atoms with E-state index in [1.165, 1.54) is 23.1 Å². The number of carbonyl (C=O) groups excluding carboxylic acids is 1. The Balaban J connectivity index is 1.88. The fourth-order valence-electron chi connectivity index (χ4n) is 2.09. The first kappa shape index (κ1) is 16.7. The van der Waals surface area contributed by atoms with E-state index in [2.05, 4.69) is 15.5 Å². The van der Waals surface area contributed by atoms with E-state index < -0.39 is 5.97 Å². The molecule has 2 aromatic carbocycles. The van der Waals surface area contributed by atoms with Gasteiger partial charge in [0.05, 0.1) is 21.3 Å². The number of hydrogen-bond acceptors (Lipinski definition) is 5. The molecule has 0 amide bonds. The van der Waals surface area contributed by atoms with Gasteiger partial charge in [-0.1, -0.05) is 34.8 Å². The van der Waals surface area contributed by atoms with Crippen LogP contribution in [0.3, 0.4) is 0 Å². The van der Waals surface area contributed by atoms with Gasteiger partial charge in [0.25, 0.3) is 0 Å². The van der Waals surface area contributed by atoms with Crippen LogP contribution in [0.4, 0.5) is 0 Å². The molecule has 0 saturated heterocycles. The van der Waals surface area contributed by atoms with Crippen molar-refractivity contribution < 1.29 is 9.53 Å². The smallest absolute Gasteiger partial charge is 0.343 e. The first-order valence-corrected chi connectivity index (χ1v) is 7.80. The molecule has 0 aliphatic rings. The first-order chi connectivity index (χ1) is 11.5. The third-order valence-electron chi connectivity index (χ3n) is 3.19. The van der Waals surface area contributed by atoms with Crippen molar-refractivity contribution in [3.05, 3.63) is 62.9 Å². The van der Waals surface area contributed by atoms with E-state index in [4.69, 9.17) is 39.5 Å². The lowest BCUT2D eigenvalue weighted by atomic mass is 10.1. The Morgan fingerprint density at radius 1 is 1.12 bits per heavy atom. The second-order valence-corrected chi connectivity index (χ2v) is 6.09. The summed E-state index contributed by atoms with van der Waals surface area (Å²) in [5.74, 6) is -0.526. The standard InChI is InChI=1S/C15H9Cl3N4O2/c1-8-4-9(2-3-13(8)22-7-19-20-21-22)15(23)24-14-11(17)5-10(16)6-12(14)18/h2-7H,1H3. The van der Waals surface area contributed by atoms with Crippen LogP contribution in [-0.2, 0) is 0 Å². The van der Waals surface area contributed by atoms with Crippen LogP contribution < -0.4 is 4.74 Å². The summed E-state index contributed by atoms with van der Waals surface area (Å²) in [6.07, 6.45) is 1.47. The van der Waals surface area contributed by atoms with Crippen molar-refractivity contribution in [3.63, 3.8) is 0 Å². The van der Waals surface area contributed by atoms with Gasteiger partial charge in [0.2, 0.25) is 0 Å². The van der Waals surface area contributed by atoms with Crippen LogP contribution in [0.15, 0.2) is 36.7 Å². The molecule has 3 aromatic rings. The molecular formula is C15H9Cl3N4O2. The highest BCUT2D eigenvalue weighted by Gasteiger charge is 2.16. The molecule has 0 spiro atoms. The zero-order chi connectivity index (χ0) is 17.3. The largest absolute Gasteiger partial charge is 0.420 e. The molecule has 3 rings (SSSR count). The van der Waals surface area contributed by atoms with Crippen LogP contribution in [0.25, 0.3) is 5.69 Å². The molecule has 0 fully saturated rings. The van der Waals surface area contributed by atoms with Gasteiger partial charge in [0.15, 0.2) is 5.75 Å². The number of esters is 1. The van der Waals surface area contributed by atoms with Crippen molar-refractivity contribution in [2.45, 2.75) is 6.92 Å². The quantitative estimate of drug-likeness (QED) is 0.502. The normalized spacial score (nSPS) is 10.7. The van der Waals surface area contributed by atoms with Crippen molar-refractivity contribution >= 4 is 40.8 Å². The Morgan fingerprint density at radius 3 is 2.42 bits per heavy atom. The van der Waals surface area contributed by atoms with Crippen molar-refractivity contribution in [2.75, 3.05) is 0 Å². The topological polar surface area (TPSA) is 69.9 Å². The van der Waals surface area contributed by atoms with Gasteiger partial charge in [-0.15, -0.1) is 5.10 Å². The van der Waals surface area contributed by atoms with Crippen LogP contribution >= 0.6 is 34.8 Å².